The molecule has 1 N–H and O–H groups in total. The van der Waals surface area contributed by atoms with Crippen molar-refractivity contribution in [2.24, 2.45) is 0 Å². The van der Waals surface area contributed by atoms with Crippen molar-refractivity contribution >= 4 is 0 Å². The monoisotopic (exact) mass is 291 g/mol. The van der Waals surface area contributed by atoms with Crippen LogP contribution in [-0.4, -0.2) is 23.3 Å². The van der Waals surface area contributed by atoms with Crippen LogP contribution in [0.3, 0.4) is 0 Å². The van der Waals surface area contributed by atoms with Crippen molar-refractivity contribution in [3.8, 4) is 11.5 Å². The molecule has 1 fully saturated rings. The molecule has 0 radical (unpaired) electrons. The molecule has 21 heavy (non-hydrogen) atoms. The van der Waals surface area contributed by atoms with Gasteiger partial charge < -0.3 is 14.8 Å². The molecule has 118 valence electrons. The van der Waals surface area contributed by atoms with E-state index in [2.05, 4.69) is 26.1 Å². The molecule has 2 rings (SSSR count). The summed E-state index contributed by atoms with van der Waals surface area (Å²) in [5.41, 5.74) is 0.0176. The van der Waals surface area contributed by atoms with Crippen molar-refractivity contribution in [2.45, 2.75) is 77.7 Å². The van der Waals surface area contributed by atoms with Gasteiger partial charge in [-0.25, -0.2) is 0 Å². The van der Waals surface area contributed by atoms with E-state index in [9.17, 15) is 0 Å². The molecule has 0 unspecified atom stereocenters. The summed E-state index contributed by atoms with van der Waals surface area (Å²) in [6.45, 7) is 12.8. The van der Waals surface area contributed by atoms with Gasteiger partial charge in [0.05, 0.1) is 0 Å². The van der Waals surface area contributed by atoms with Gasteiger partial charge in [-0.15, -0.1) is 0 Å². The van der Waals surface area contributed by atoms with E-state index in [-0.39, 0.29) is 11.1 Å². The summed E-state index contributed by atoms with van der Waals surface area (Å²) in [5.74, 6) is 1.81. The number of benzene rings is 1. The molecule has 0 aromatic heterocycles. The Balaban J connectivity index is 1.78. The molecule has 0 saturated heterocycles. The molecule has 1 aromatic carbocycles. The van der Waals surface area contributed by atoms with Crippen LogP contribution < -0.4 is 14.8 Å². The van der Waals surface area contributed by atoms with Crippen molar-refractivity contribution in [1.82, 2.24) is 5.32 Å². The second-order valence-corrected chi connectivity index (χ2v) is 7.99. The lowest BCUT2D eigenvalue weighted by Crippen LogP contribution is -2.53. The Morgan fingerprint density at radius 3 is 1.90 bits per heavy atom. The first-order valence-electron chi connectivity index (χ1n) is 7.84. The zero-order valence-corrected chi connectivity index (χ0v) is 14.2. The molecule has 0 amide bonds. The van der Waals surface area contributed by atoms with E-state index in [1.165, 1.54) is 0 Å². The Morgan fingerprint density at radius 1 is 0.905 bits per heavy atom. The normalized spacial score (nSPS) is 22.6. The van der Waals surface area contributed by atoms with E-state index in [0.717, 1.165) is 24.3 Å². The summed E-state index contributed by atoms with van der Waals surface area (Å²) in [5, 5.41) is 3.61. The van der Waals surface area contributed by atoms with Crippen LogP contribution >= 0.6 is 0 Å². The highest BCUT2D eigenvalue weighted by Crippen LogP contribution is 2.29. The van der Waals surface area contributed by atoms with E-state index >= 15 is 0 Å². The summed E-state index contributed by atoms with van der Waals surface area (Å²) in [4.78, 5) is 0. The predicted molar refractivity (Wildman–Crippen MR) is 87.1 cm³/mol. The van der Waals surface area contributed by atoms with E-state index in [1.54, 1.807) is 0 Å². The largest absolute Gasteiger partial charge is 0.490 e. The van der Waals surface area contributed by atoms with Crippen molar-refractivity contribution in [1.29, 1.82) is 0 Å². The van der Waals surface area contributed by atoms with Gasteiger partial charge in [-0.2, -0.15) is 0 Å². The maximum atomic E-state index is 5.98. The van der Waals surface area contributed by atoms with E-state index in [0.29, 0.717) is 12.1 Å². The van der Waals surface area contributed by atoms with Gasteiger partial charge in [-0.1, -0.05) is 0 Å². The van der Waals surface area contributed by atoms with Crippen LogP contribution in [0.25, 0.3) is 0 Å². The second-order valence-electron chi connectivity index (χ2n) is 7.99. The van der Waals surface area contributed by atoms with Crippen LogP contribution in [0.1, 0.15) is 54.4 Å². The van der Waals surface area contributed by atoms with Gasteiger partial charge >= 0.3 is 0 Å². The molecule has 0 aliphatic heterocycles. The van der Waals surface area contributed by atoms with Crippen LogP contribution in [0.4, 0.5) is 0 Å². The average Bonchev–Trinajstić information content (AvgIpc) is 2.25. The molecule has 1 aromatic rings. The van der Waals surface area contributed by atoms with Crippen molar-refractivity contribution in [3.05, 3.63) is 24.3 Å². The molecule has 3 nitrogen and oxygen atoms in total. The lowest BCUT2D eigenvalue weighted by atomic mass is 9.87. The molecule has 0 heterocycles. The van der Waals surface area contributed by atoms with Crippen LogP contribution in [0.15, 0.2) is 24.3 Å². The first-order valence-corrected chi connectivity index (χ1v) is 7.84. The van der Waals surface area contributed by atoms with Gasteiger partial charge in [0.15, 0.2) is 0 Å². The summed E-state index contributed by atoms with van der Waals surface area (Å²) < 4.78 is 11.8. The van der Waals surface area contributed by atoms with Crippen molar-refractivity contribution < 1.29 is 9.47 Å². The van der Waals surface area contributed by atoms with Crippen molar-refractivity contribution in [3.63, 3.8) is 0 Å². The maximum absolute atomic E-state index is 5.98. The number of nitrogens with one attached hydrogen (secondary N) is 1. The topological polar surface area (TPSA) is 30.5 Å². The highest BCUT2D eigenvalue weighted by molar-refractivity contribution is 5.32. The van der Waals surface area contributed by atoms with Crippen LogP contribution in [0, 0.1) is 0 Å². The Labute approximate surface area is 129 Å². The van der Waals surface area contributed by atoms with E-state index in [1.807, 2.05) is 45.0 Å². The lowest BCUT2D eigenvalue weighted by molar-refractivity contribution is 0.0731. The fourth-order valence-electron chi connectivity index (χ4n) is 2.52. The third-order valence-corrected chi connectivity index (χ3v) is 3.28. The number of rotatable bonds is 4. The smallest absolute Gasteiger partial charge is 0.120 e. The Hall–Kier alpha value is -1.22. The molecule has 0 spiro atoms. The molecule has 1 aliphatic carbocycles. The van der Waals surface area contributed by atoms with Gasteiger partial charge in [0.1, 0.15) is 23.2 Å². The molecular formula is C18H29NO2. The van der Waals surface area contributed by atoms with Crippen LogP contribution in [0.2, 0.25) is 0 Å². The summed E-state index contributed by atoms with van der Waals surface area (Å²) >= 11 is 0. The highest BCUT2D eigenvalue weighted by Gasteiger charge is 2.33. The molecule has 3 heteroatoms. The Morgan fingerprint density at radius 2 is 1.43 bits per heavy atom. The standard InChI is InChI=1S/C18H29NO2/c1-17(2,3)19-13-11-16(12-13)20-14-7-9-15(10-8-14)21-18(4,5)6/h7-10,13,16,19H,11-12H2,1-6H3/t13-,16+. The van der Waals surface area contributed by atoms with Gasteiger partial charge in [0, 0.05) is 11.6 Å². The summed E-state index contributed by atoms with van der Waals surface area (Å²) in [6.07, 6.45) is 2.49. The summed E-state index contributed by atoms with van der Waals surface area (Å²) in [6, 6.07) is 8.52. The van der Waals surface area contributed by atoms with Gasteiger partial charge in [-0.3, -0.25) is 0 Å². The minimum atomic E-state index is -0.164. The third kappa shape index (κ3) is 5.58. The predicted octanol–water partition coefficient (Wildman–Crippen LogP) is 4.16. The van der Waals surface area contributed by atoms with E-state index in [4.69, 9.17) is 9.47 Å². The fourth-order valence-corrected chi connectivity index (χ4v) is 2.52. The Kier molecular flexibility index (Phi) is 4.52. The maximum Gasteiger partial charge on any atom is 0.120 e. The number of ether oxygens (including phenoxy) is 2. The average molecular weight is 291 g/mol. The molecule has 1 aliphatic rings. The Bertz CT molecular complexity index is 448. The zero-order chi connectivity index (χ0) is 15.7. The van der Waals surface area contributed by atoms with Crippen molar-refractivity contribution in [2.75, 3.05) is 0 Å². The van der Waals surface area contributed by atoms with Crippen LogP contribution in [-0.2, 0) is 0 Å². The van der Waals surface area contributed by atoms with Crippen LogP contribution in [0.5, 0.6) is 11.5 Å². The van der Waals surface area contributed by atoms with Gasteiger partial charge in [0.25, 0.3) is 0 Å². The fraction of sp³-hybridized carbons (Fsp3) is 0.667. The van der Waals surface area contributed by atoms with E-state index < -0.39 is 0 Å². The molecule has 0 atom stereocenters. The number of hydrogen-bond acceptors (Lipinski definition) is 3. The third-order valence-electron chi connectivity index (χ3n) is 3.28. The lowest BCUT2D eigenvalue weighted by Gasteiger charge is -2.40. The molecule has 1 saturated carbocycles. The zero-order valence-electron chi connectivity index (χ0n) is 14.2. The molecular weight excluding hydrogens is 262 g/mol. The minimum Gasteiger partial charge on any atom is -0.490 e. The molecule has 0 bridgehead atoms. The van der Waals surface area contributed by atoms with Gasteiger partial charge in [-0.05, 0) is 78.6 Å². The first-order chi connectivity index (χ1) is 9.61. The second kappa shape index (κ2) is 5.88. The summed E-state index contributed by atoms with van der Waals surface area (Å²) in [7, 11) is 0. The first kappa shape index (κ1) is 16.2. The highest BCUT2D eigenvalue weighted by atomic mass is 16.5. The number of hydrogen-bond donors (Lipinski definition) is 1. The SMILES string of the molecule is CC(C)(C)N[C@H]1C[C@@H](Oc2ccc(OC(C)(C)C)cc2)C1. The quantitative estimate of drug-likeness (QED) is 0.903. The van der Waals surface area contributed by atoms with Gasteiger partial charge in [0.2, 0.25) is 0 Å². The minimum absolute atomic E-state index is 0.164.